The number of hydrogen-bond acceptors (Lipinski definition) is 3. The molecule has 0 aliphatic heterocycles. The van der Waals surface area contributed by atoms with Gasteiger partial charge in [-0.25, -0.2) is 8.78 Å². The van der Waals surface area contributed by atoms with Gasteiger partial charge in [0.1, 0.15) is 0 Å². The van der Waals surface area contributed by atoms with E-state index in [9.17, 15) is 18.7 Å². The molecule has 2 aromatic rings. The third-order valence-electron chi connectivity index (χ3n) is 3.48. The number of aliphatic hydroxyl groups is 1. The van der Waals surface area contributed by atoms with E-state index in [2.05, 4.69) is 10.3 Å². The van der Waals surface area contributed by atoms with Gasteiger partial charge in [0.05, 0.1) is 18.6 Å². The third kappa shape index (κ3) is 4.56. The molecule has 2 rings (SSSR count). The second-order valence-electron chi connectivity index (χ2n) is 5.46. The summed E-state index contributed by atoms with van der Waals surface area (Å²) in [6, 6.07) is 6.12. The minimum atomic E-state index is -1.13. The molecule has 0 saturated heterocycles. The van der Waals surface area contributed by atoms with Crippen molar-refractivity contribution in [2.45, 2.75) is 32.4 Å². The highest BCUT2D eigenvalue weighted by molar-refractivity contribution is 5.78. The number of amides is 1. The molecule has 4 nitrogen and oxygen atoms in total. The first-order chi connectivity index (χ1) is 10.9. The lowest BCUT2D eigenvalue weighted by Gasteiger charge is -2.20. The second-order valence-corrected chi connectivity index (χ2v) is 5.46. The van der Waals surface area contributed by atoms with Crippen molar-refractivity contribution in [2.24, 2.45) is 0 Å². The van der Waals surface area contributed by atoms with Crippen molar-refractivity contribution < 1.29 is 18.7 Å². The van der Waals surface area contributed by atoms with Gasteiger partial charge in [-0.3, -0.25) is 9.78 Å². The molecule has 0 radical (unpaired) electrons. The largest absolute Gasteiger partial charge is 0.386 e. The van der Waals surface area contributed by atoms with Crippen LogP contribution in [0.2, 0.25) is 0 Å². The zero-order valence-electron chi connectivity index (χ0n) is 12.9. The summed E-state index contributed by atoms with van der Waals surface area (Å²) >= 11 is 0. The van der Waals surface area contributed by atoms with E-state index < -0.39 is 23.8 Å². The summed E-state index contributed by atoms with van der Waals surface area (Å²) in [4.78, 5) is 16.1. The van der Waals surface area contributed by atoms with E-state index in [4.69, 9.17) is 0 Å². The molecule has 1 amide bonds. The predicted molar refractivity (Wildman–Crippen MR) is 81.6 cm³/mol. The van der Waals surface area contributed by atoms with E-state index >= 15 is 0 Å². The Kier molecular flexibility index (Phi) is 5.39. The minimum Gasteiger partial charge on any atom is -0.386 e. The highest BCUT2D eigenvalue weighted by Gasteiger charge is 2.20. The molecule has 2 unspecified atom stereocenters. The number of aryl methyl sites for hydroxylation is 1. The van der Waals surface area contributed by atoms with Crippen molar-refractivity contribution in [3.63, 3.8) is 0 Å². The molecule has 2 atom stereocenters. The van der Waals surface area contributed by atoms with Crippen molar-refractivity contribution in [2.75, 3.05) is 0 Å². The molecule has 1 heterocycles. The van der Waals surface area contributed by atoms with Crippen LogP contribution in [0.5, 0.6) is 0 Å². The molecule has 0 aliphatic carbocycles. The molecule has 6 heteroatoms. The van der Waals surface area contributed by atoms with E-state index in [0.717, 1.165) is 23.4 Å². The van der Waals surface area contributed by atoms with Crippen molar-refractivity contribution in [1.29, 1.82) is 0 Å². The average molecular weight is 320 g/mol. The lowest BCUT2D eigenvalue weighted by molar-refractivity contribution is -0.121. The van der Waals surface area contributed by atoms with E-state index in [1.807, 2.05) is 13.0 Å². The Bertz CT molecular complexity index is 689. The first-order valence-corrected chi connectivity index (χ1v) is 7.20. The van der Waals surface area contributed by atoms with Crippen LogP contribution in [-0.2, 0) is 11.2 Å². The van der Waals surface area contributed by atoms with Gasteiger partial charge in [-0.15, -0.1) is 0 Å². The van der Waals surface area contributed by atoms with Gasteiger partial charge < -0.3 is 10.4 Å². The average Bonchev–Trinajstić information content (AvgIpc) is 2.51. The van der Waals surface area contributed by atoms with Gasteiger partial charge in [0.15, 0.2) is 11.6 Å². The lowest BCUT2D eigenvalue weighted by Crippen LogP contribution is -2.38. The Morgan fingerprint density at radius 1 is 1.26 bits per heavy atom. The third-order valence-corrected chi connectivity index (χ3v) is 3.48. The molecule has 0 saturated carbocycles. The second kappa shape index (κ2) is 7.28. The standard InChI is InChI=1S/C17H18F2N2O2/c1-10-3-4-12(9-20-10)7-16(22)21-11(2)17(23)13-5-6-14(18)15(19)8-13/h3-6,8-9,11,17,23H,7H2,1-2H3,(H,21,22). The van der Waals surface area contributed by atoms with Crippen molar-refractivity contribution >= 4 is 5.91 Å². The number of halogens is 2. The summed E-state index contributed by atoms with van der Waals surface area (Å²) in [6.07, 6.45) is 0.609. The molecule has 122 valence electrons. The summed E-state index contributed by atoms with van der Waals surface area (Å²) in [5, 5.41) is 12.8. The molecule has 0 fully saturated rings. The van der Waals surface area contributed by atoms with Crippen LogP contribution in [0.3, 0.4) is 0 Å². The smallest absolute Gasteiger partial charge is 0.224 e. The number of carbonyl (C=O) groups is 1. The first-order valence-electron chi connectivity index (χ1n) is 7.20. The van der Waals surface area contributed by atoms with Gasteiger partial charge in [-0.1, -0.05) is 12.1 Å². The maximum absolute atomic E-state index is 13.2. The maximum atomic E-state index is 13.2. The number of pyridine rings is 1. The summed E-state index contributed by atoms with van der Waals surface area (Å²) in [6.45, 7) is 3.45. The molecule has 23 heavy (non-hydrogen) atoms. The first kappa shape index (κ1) is 17.0. The Morgan fingerprint density at radius 3 is 2.61 bits per heavy atom. The fraction of sp³-hybridized carbons (Fsp3) is 0.294. The van der Waals surface area contributed by atoms with Crippen LogP contribution in [0.15, 0.2) is 36.5 Å². The van der Waals surface area contributed by atoms with Gasteiger partial charge in [-0.05, 0) is 43.2 Å². The van der Waals surface area contributed by atoms with E-state index in [0.29, 0.717) is 0 Å². The van der Waals surface area contributed by atoms with Crippen LogP contribution >= 0.6 is 0 Å². The fourth-order valence-electron chi connectivity index (χ4n) is 2.16. The Balaban J connectivity index is 1.96. The van der Waals surface area contributed by atoms with Crippen LogP contribution in [0, 0.1) is 18.6 Å². The van der Waals surface area contributed by atoms with E-state index in [1.54, 1.807) is 19.2 Å². The van der Waals surface area contributed by atoms with Gasteiger partial charge >= 0.3 is 0 Å². The highest BCUT2D eigenvalue weighted by atomic mass is 19.2. The van der Waals surface area contributed by atoms with Gasteiger partial charge in [0.2, 0.25) is 5.91 Å². The van der Waals surface area contributed by atoms with Gasteiger partial charge in [0.25, 0.3) is 0 Å². The predicted octanol–water partition coefficient (Wildman–Crippen LogP) is 2.45. The number of aromatic nitrogens is 1. The molecular weight excluding hydrogens is 302 g/mol. The minimum absolute atomic E-state index is 0.127. The SMILES string of the molecule is Cc1ccc(CC(=O)NC(C)C(O)c2ccc(F)c(F)c2)cn1. The maximum Gasteiger partial charge on any atom is 0.224 e. The van der Waals surface area contributed by atoms with Crippen LogP contribution in [0.1, 0.15) is 29.8 Å². The number of rotatable bonds is 5. The molecule has 0 bridgehead atoms. The topological polar surface area (TPSA) is 62.2 Å². The zero-order valence-corrected chi connectivity index (χ0v) is 12.9. The Morgan fingerprint density at radius 2 is 2.00 bits per heavy atom. The Hall–Kier alpha value is -2.34. The number of nitrogens with zero attached hydrogens (tertiary/aromatic N) is 1. The van der Waals surface area contributed by atoms with Crippen LogP contribution in [0.25, 0.3) is 0 Å². The number of benzene rings is 1. The van der Waals surface area contributed by atoms with Gasteiger partial charge in [-0.2, -0.15) is 0 Å². The summed E-state index contributed by atoms with van der Waals surface area (Å²) in [7, 11) is 0. The number of nitrogens with one attached hydrogen (secondary N) is 1. The number of hydrogen-bond donors (Lipinski definition) is 2. The summed E-state index contributed by atoms with van der Waals surface area (Å²) in [5.74, 6) is -2.31. The van der Waals surface area contributed by atoms with Gasteiger partial charge in [0, 0.05) is 11.9 Å². The van der Waals surface area contributed by atoms with E-state index in [1.165, 1.54) is 6.07 Å². The summed E-state index contributed by atoms with van der Waals surface area (Å²) < 4.78 is 26.1. The zero-order chi connectivity index (χ0) is 17.0. The van der Waals surface area contributed by atoms with E-state index in [-0.39, 0.29) is 17.9 Å². The van der Waals surface area contributed by atoms with Crippen LogP contribution < -0.4 is 5.32 Å². The Labute approximate surface area is 133 Å². The molecule has 0 aliphatic rings. The number of carbonyl (C=O) groups excluding carboxylic acids is 1. The highest BCUT2D eigenvalue weighted by Crippen LogP contribution is 2.19. The van der Waals surface area contributed by atoms with Crippen LogP contribution in [0.4, 0.5) is 8.78 Å². The molecule has 2 N–H and O–H groups in total. The quantitative estimate of drug-likeness (QED) is 0.889. The summed E-state index contributed by atoms with van der Waals surface area (Å²) in [5.41, 5.74) is 1.81. The lowest BCUT2D eigenvalue weighted by atomic mass is 10.0. The molecular formula is C17H18F2N2O2. The normalized spacial score (nSPS) is 13.4. The monoisotopic (exact) mass is 320 g/mol. The van der Waals surface area contributed by atoms with Crippen molar-refractivity contribution in [3.05, 3.63) is 65.0 Å². The fourth-order valence-corrected chi connectivity index (χ4v) is 2.16. The number of aliphatic hydroxyl groups excluding tert-OH is 1. The van der Waals surface area contributed by atoms with Crippen molar-refractivity contribution in [1.82, 2.24) is 10.3 Å². The van der Waals surface area contributed by atoms with Crippen LogP contribution in [-0.4, -0.2) is 22.0 Å². The van der Waals surface area contributed by atoms with Crippen molar-refractivity contribution in [3.8, 4) is 0 Å². The molecule has 0 spiro atoms. The molecule has 1 aromatic carbocycles. The molecule has 1 aromatic heterocycles.